The summed E-state index contributed by atoms with van der Waals surface area (Å²) < 4.78 is 2.09. The molecule has 1 N–H and O–H groups in total. The minimum atomic E-state index is -0.947. The molecule has 0 aliphatic heterocycles. The van der Waals surface area contributed by atoms with E-state index in [-0.39, 0.29) is 11.6 Å². The molecule has 0 unspecified atom stereocenters. The maximum Gasteiger partial charge on any atom is 0.335 e. The van der Waals surface area contributed by atoms with Crippen molar-refractivity contribution >= 4 is 28.6 Å². The van der Waals surface area contributed by atoms with Crippen molar-refractivity contribution in [2.75, 3.05) is 0 Å². The van der Waals surface area contributed by atoms with Crippen LogP contribution in [0.25, 0.3) is 22.4 Å². The van der Waals surface area contributed by atoms with Gasteiger partial charge in [-0.05, 0) is 44.2 Å². The summed E-state index contributed by atoms with van der Waals surface area (Å²) in [4.78, 5) is 15.8. The SMILES string of the molecule is CC(C)n1c(-c2cccc(C(=O)O)c2)nc2cc(Cl)ccc21. The molecule has 5 heteroatoms. The average molecular weight is 315 g/mol. The van der Waals surface area contributed by atoms with E-state index in [9.17, 15) is 4.79 Å². The lowest BCUT2D eigenvalue weighted by Gasteiger charge is -2.13. The van der Waals surface area contributed by atoms with Crippen LogP contribution >= 0.6 is 11.6 Å². The molecule has 0 bridgehead atoms. The molecule has 2 aromatic carbocycles. The Morgan fingerprint density at radius 3 is 2.68 bits per heavy atom. The topological polar surface area (TPSA) is 55.1 Å². The maximum atomic E-state index is 11.2. The number of carbonyl (C=O) groups is 1. The summed E-state index contributed by atoms with van der Waals surface area (Å²) in [5.41, 5.74) is 2.81. The zero-order valence-corrected chi connectivity index (χ0v) is 13.0. The van der Waals surface area contributed by atoms with Crippen molar-refractivity contribution in [3.05, 3.63) is 53.1 Å². The molecule has 0 aliphatic carbocycles. The highest BCUT2D eigenvalue weighted by atomic mass is 35.5. The number of fused-ring (bicyclic) bond motifs is 1. The van der Waals surface area contributed by atoms with Gasteiger partial charge in [-0.15, -0.1) is 0 Å². The third kappa shape index (κ3) is 2.46. The van der Waals surface area contributed by atoms with Crippen LogP contribution in [0.15, 0.2) is 42.5 Å². The predicted octanol–water partition coefficient (Wildman–Crippen LogP) is 4.64. The van der Waals surface area contributed by atoms with Gasteiger partial charge in [-0.2, -0.15) is 0 Å². The fraction of sp³-hybridized carbons (Fsp3) is 0.176. The number of benzene rings is 2. The molecule has 112 valence electrons. The molecular formula is C17H15ClN2O2. The van der Waals surface area contributed by atoms with Gasteiger partial charge < -0.3 is 9.67 Å². The van der Waals surface area contributed by atoms with Crippen molar-refractivity contribution in [3.63, 3.8) is 0 Å². The van der Waals surface area contributed by atoms with Gasteiger partial charge in [0.2, 0.25) is 0 Å². The Hall–Kier alpha value is -2.33. The number of halogens is 1. The summed E-state index contributed by atoms with van der Waals surface area (Å²) in [5.74, 6) is -0.201. The molecule has 0 atom stereocenters. The van der Waals surface area contributed by atoms with Crippen LogP contribution in [0.5, 0.6) is 0 Å². The molecule has 0 aliphatic rings. The minimum absolute atomic E-state index is 0.189. The third-order valence-corrected chi connectivity index (χ3v) is 3.77. The smallest absolute Gasteiger partial charge is 0.335 e. The number of hydrogen-bond acceptors (Lipinski definition) is 2. The molecule has 22 heavy (non-hydrogen) atoms. The molecule has 0 saturated carbocycles. The van der Waals surface area contributed by atoms with E-state index in [1.165, 1.54) is 0 Å². The van der Waals surface area contributed by atoms with Crippen LogP contribution in [0, 0.1) is 0 Å². The Labute approximate surface area is 133 Å². The van der Waals surface area contributed by atoms with E-state index >= 15 is 0 Å². The number of aromatic nitrogens is 2. The summed E-state index contributed by atoms with van der Waals surface area (Å²) in [6.45, 7) is 4.14. The molecule has 0 fully saturated rings. The number of aromatic carboxylic acids is 1. The number of carboxylic acids is 1. The standard InChI is InChI=1S/C17H15ClN2O2/c1-10(2)20-15-7-6-13(18)9-14(15)19-16(20)11-4-3-5-12(8-11)17(21)22/h3-10H,1-2H3,(H,21,22). The molecular weight excluding hydrogens is 300 g/mol. The molecule has 1 heterocycles. The predicted molar refractivity (Wildman–Crippen MR) is 87.5 cm³/mol. The maximum absolute atomic E-state index is 11.2. The number of imidazole rings is 1. The van der Waals surface area contributed by atoms with Crippen LogP contribution in [0.2, 0.25) is 5.02 Å². The third-order valence-electron chi connectivity index (χ3n) is 3.54. The second-order valence-electron chi connectivity index (χ2n) is 5.42. The Balaban J connectivity index is 2.28. The fourth-order valence-corrected chi connectivity index (χ4v) is 2.76. The molecule has 1 aromatic heterocycles. The molecule has 0 spiro atoms. The summed E-state index contributed by atoms with van der Waals surface area (Å²) in [5, 5.41) is 9.80. The Morgan fingerprint density at radius 2 is 2.00 bits per heavy atom. The fourth-order valence-electron chi connectivity index (χ4n) is 2.59. The number of rotatable bonds is 3. The first kappa shape index (κ1) is 14.6. The van der Waals surface area contributed by atoms with Gasteiger partial charge in [-0.1, -0.05) is 23.7 Å². The first-order valence-electron chi connectivity index (χ1n) is 6.98. The van der Waals surface area contributed by atoms with Gasteiger partial charge in [0, 0.05) is 16.6 Å². The van der Waals surface area contributed by atoms with Gasteiger partial charge in [0.1, 0.15) is 5.82 Å². The van der Waals surface area contributed by atoms with E-state index in [4.69, 9.17) is 16.7 Å². The quantitative estimate of drug-likeness (QED) is 0.766. The number of nitrogens with zero attached hydrogens (tertiary/aromatic N) is 2. The van der Waals surface area contributed by atoms with Gasteiger partial charge in [0.05, 0.1) is 16.6 Å². The lowest BCUT2D eigenvalue weighted by molar-refractivity contribution is 0.0697. The highest BCUT2D eigenvalue weighted by Gasteiger charge is 2.16. The largest absolute Gasteiger partial charge is 0.478 e. The summed E-state index contributed by atoms with van der Waals surface area (Å²) >= 11 is 6.05. The lowest BCUT2D eigenvalue weighted by Crippen LogP contribution is -2.04. The summed E-state index contributed by atoms with van der Waals surface area (Å²) in [6, 6.07) is 12.6. The zero-order chi connectivity index (χ0) is 15.9. The van der Waals surface area contributed by atoms with Crippen LogP contribution in [0.3, 0.4) is 0 Å². The van der Waals surface area contributed by atoms with Crippen molar-refractivity contribution in [3.8, 4) is 11.4 Å². The summed E-state index contributed by atoms with van der Waals surface area (Å²) in [7, 11) is 0. The van der Waals surface area contributed by atoms with Crippen molar-refractivity contribution < 1.29 is 9.90 Å². The average Bonchev–Trinajstić information content (AvgIpc) is 2.85. The molecule has 3 aromatic rings. The molecule has 3 rings (SSSR count). The van der Waals surface area contributed by atoms with Gasteiger partial charge in [0.15, 0.2) is 0 Å². The minimum Gasteiger partial charge on any atom is -0.478 e. The second kappa shape index (κ2) is 5.46. The number of carboxylic acid groups (broad SMARTS) is 1. The van der Waals surface area contributed by atoms with Crippen molar-refractivity contribution in [2.45, 2.75) is 19.9 Å². The molecule has 4 nitrogen and oxygen atoms in total. The number of hydrogen-bond donors (Lipinski definition) is 1. The van der Waals surface area contributed by atoms with E-state index < -0.39 is 5.97 Å². The van der Waals surface area contributed by atoms with Crippen LogP contribution in [0.4, 0.5) is 0 Å². The first-order chi connectivity index (χ1) is 10.5. The van der Waals surface area contributed by atoms with Crippen LogP contribution in [-0.4, -0.2) is 20.6 Å². The van der Waals surface area contributed by atoms with Gasteiger partial charge in [-0.25, -0.2) is 9.78 Å². The highest BCUT2D eigenvalue weighted by molar-refractivity contribution is 6.31. The highest BCUT2D eigenvalue weighted by Crippen LogP contribution is 2.30. The molecule has 0 saturated heterocycles. The van der Waals surface area contributed by atoms with Gasteiger partial charge in [0.25, 0.3) is 0 Å². The second-order valence-corrected chi connectivity index (χ2v) is 5.85. The van der Waals surface area contributed by atoms with E-state index in [1.54, 1.807) is 18.2 Å². The van der Waals surface area contributed by atoms with E-state index in [2.05, 4.69) is 23.4 Å². The monoisotopic (exact) mass is 314 g/mol. The summed E-state index contributed by atoms with van der Waals surface area (Å²) in [6.07, 6.45) is 0. The van der Waals surface area contributed by atoms with Crippen LogP contribution in [0.1, 0.15) is 30.2 Å². The lowest BCUT2D eigenvalue weighted by atomic mass is 10.1. The van der Waals surface area contributed by atoms with Gasteiger partial charge in [-0.3, -0.25) is 0 Å². The van der Waals surface area contributed by atoms with Crippen LogP contribution < -0.4 is 0 Å². The van der Waals surface area contributed by atoms with Gasteiger partial charge >= 0.3 is 5.97 Å². The van der Waals surface area contributed by atoms with Crippen molar-refractivity contribution in [1.82, 2.24) is 9.55 Å². The normalized spacial score (nSPS) is 11.3. The zero-order valence-electron chi connectivity index (χ0n) is 12.2. The van der Waals surface area contributed by atoms with E-state index in [1.807, 2.05) is 24.3 Å². The molecule has 0 radical (unpaired) electrons. The van der Waals surface area contributed by atoms with Crippen molar-refractivity contribution in [1.29, 1.82) is 0 Å². The first-order valence-corrected chi connectivity index (χ1v) is 7.36. The van der Waals surface area contributed by atoms with E-state index in [0.717, 1.165) is 22.4 Å². The van der Waals surface area contributed by atoms with Crippen molar-refractivity contribution in [2.24, 2.45) is 0 Å². The Bertz CT molecular complexity index is 868. The van der Waals surface area contributed by atoms with Crippen LogP contribution in [-0.2, 0) is 0 Å². The molecule has 0 amide bonds. The Morgan fingerprint density at radius 1 is 1.23 bits per heavy atom. The van der Waals surface area contributed by atoms with E-state index in [0.29, 0.717) is 5.02 Å². The Kier molecular flexibility index (Phi) is 3.62.